The van der Waals surface area contributed by atoms with Gasteiger partial charge < -0.3 is 5.32 Å². The quantitative estimate of drug-likeness (QED) is 0.908. The molecule has 1 spiro atoms. The van der Waals surface area contributed by atoms with Gasteiger partial charge in [0.2, 0.25) is 0 Å². The monoisotopic (exact) mass is 295 g/mol. The second-order valence-electron chi connectivity index (χ2n) is 6.73. The van der Waals surface area contributed by atoms with Gasteiger partial charge in [0.25, 0.3) is 5.91 Å². The van der Waals surface area contributed by atoms with Crippen molar-refractivity contribution >= 4 is 5.91 Å². The maximum absolute atomic E-state index is 12.3. The van der Waals surface area contributed by atoms with E-state index in [9.17, 15) is 4.79 Å². The molecule has 0 bridgehead atoms. The zero-order valence-electron chi connectivity index (χ0n) is 12.6. The summed E-state index contributed by atoms with van der Waals surface area (Å²) >= 11 is 0. The van der Waals surface area contributed by atoms with Crippen molar-refractivity contribution in [3.8, 4) is 11.1 Å². The van der Waals surface area contributed by atoms with E-state index in [-0.39, 0.29) is 5.91 Å². The SMILES string of the molecule is O=C(NCC1CCCC12CC2)c1ccc(-c2cn[nH]c2)cc1. The van der Waals surface area contributed by atoms with Crippen molar-refractivity contribution in [2.45, 2.75) is 32.1 Å². The summed E-state index contributed by atoms with van der Waals surface area (Å²) in [5.74, 6) is 0.739. The Morgan fingerprint density at radius 3 is 2.73 bits per heavy atom. The minimum Gasteiger partial charge on any atom is -0.352 e. The van der Waals surface area contributed by atoms with Gasteiger partial charge in [-0.3, -0.25) is 9.89 Å². The van der Waals surface area contributed by atoms with Crippen LogP contribution in [0.25, 0.3) is 11.1 Å². The van der Waals surface area contributed by atoms with Crippen molar-refractivity contribution in [1.29, 1.82) is 0 Å². The summed E-state index contributed by atoms with van der Waals surface area (Å²) in [6.07, 6.45) is 10.3. The fourth-order valence-corrected chi connectivity index (χ4v) is 3.89. The van der Waals surface area contributed by atoms with E-state index in [1.165, 1.54) is 32.1 Å². The zero-order valence-corrected chi connectivity index (χ0v) is 12.6. The Labute approximate surface area is 130 Å². The van der Waals surface area contributed by atoms with Crippen LogP contribution in [-0.4, -0.2) is 22.6 Å². The van der Waals surface area contributed by atoms with Crippen LogP contribution in [0.4, 0.5) is 0 Å². The number of H-pyrrole nitrogens is 1. The van der Waals surface area contributed by atoms with Gasteiger partial charge in [0, 0.05) is 23.9 Å². The van der Waals surface area contributed by atoms with E-state index in [0.29, 0.717) is 11.3 Å². The molecule has 4 nitrogen and oxygen atoms in total. The molecule has 1 amide bonds. The van der Waals surface area contributed by atoms with E-state index in [0.717, 1.165) is 23.2 Å². The highest BCUT2D eigenvalue weighted by molar-refractivity contribution is 5.94. The molecule has 4 heteroatoms. The Balaban J connectivity index is 1.38. The highest BCUT2D eigenvalue weighted by Crippen LogP contribution is 2.60. The molecule has 114 valence electrons. The van der Waals surface area contributed by atoms with Gasteiger partial charge in [-0.1, -0.05) is 18.6 Å². The van der Waals surface area contributed by atoms with E-state index in [2.05, 4.69) is 15.5 Å². The molecular weight excluding hydrogens is 274 g/mol. The van der Waals surface area contributed by atoms with Gasteiger partial charge in [-0.15, -0.1) is 0 Å². The molecule has 2 fully saturated rings. The first kappa shape index (κ1) is 13.6. The lowest BCUT2D eigenvalue weighted by molar-refractivity contribution is 0.0942. The summed E-state index contributed by atoms with van der Waals surface area (Å²) in [6, 6.07) is 7.72. The number of amides is 1. The van der Waals surface area contributed by atoms with Crippen molar-refractivity contribution < 1.29 is 4.79 Å². The van der Waals surface area contributed by atoms with Gasteiger partial charge in [-0.25, -0.2) is 0 Å². The molecule has 0 aliphatic heterocycles. The highest BCUT2D eigenvalue weighted by Gasteiger charge is 2.51. The second kappa shape index (κ2) is 5.27. The van der Waals surface area contributed by atoms with Crippen LogP contribution in [0.3, 0.4) is 0 Å². The predicted molar refractivity (Wildman–Crippen MR) is 85.4 cm³/mol. The van der Waals surface area contributed by atoms with Crippen LogP contribution >= 0.6 is 0 Å². The van der Waals surface area contributed by atoms with Crippen LogP contribution in [0.2, 0.25) is 0 Å². The molecule has 4 rings (SSSR count). The van der Waals surface area contributed by atoms with Gasteiger partial charge in [0.05, 0.1) is 6.20 Å². The number of aromatic nitrogens is 2. The average molecular weight is 295 g/mol. The first-order chi connectivity index (χ1) is 10.8. The first-order valence-corrected chi connectivity index (χ1v) is 8.14. The number of hydrogen-bond donors (Lipinski definition) is 2. The van der Waals surface area contributed by atoms with Gasteiger partial charge in [-0.05, 0) is 54.7 Å². The maximum Gasteiger partial charge on any atom is 0.251 e. The third-order valence-corrected chi connectivity index (χ3v) is 5.47. The van der Waals surface area contributed by atoms with E-state index in [1.54, 1.807) is 6.20 Å². The average Bonchev–Trinajstić information content (AvgIpc) is 2.98. The Hall–Kier alpha value is -2.10. The number of carbonyl (C=O) groups is 1. The molecule has 1 atom stereocenters. The van der Waals surface area contributed by atoms with Crippen molar-refractivity contribution in [2.24, 2.45) is 11.3 Å². The summed E-state index contributed by atoms with van der Waals surface area (Å²) in [5.41, 5.74) is 3.43. The minimum absolute atomic E-state index is 0.0430. The van der Waals surface area contributed by atoms with Crippen molar-refractivity contribution in [2.75, 3.05) is 6.54 Å². The molecule has 2 aliphatic rings. The molecule has 0 radical (unpaired) electrons. The summed E-state index contributed by atoms with van der Waals surface area (Å²) in [5, 5.41) is 9.88. The summed E-state index contributed by atoms with van der Waals surface area (Å²) < 4.78 is 0. The number of rotatable bonds is 4. The number of benzene rings is 1. The summed E-state index contributed by atoms with van der Waals surface area (Å²) in [4.78, 5) is 12.3. The van der Waals surface area contributed by atoms with Crippen LogP contribution in [0.1, 0.15) is 42.5 Å². The lowest BCUT2D eigenvalue weighted by Crippen LogP contribution is -2.31. The molecular formula is C18H21N3O. The molecule has 1 unspecified atom stereocenters. The zero-order chi connectivity index (χ0) is 15.0. The molecule has 2 aromatic rings. The van der Waals surface area contributed by atoms with Gasteiger partial charge in [-0.2, -0.15) is 5.10 Å². The van der Waals surface area contributed by atoms with Crippen molar-refractivity contribution in [3.63, 3.8) is 0 Å². The second-order valence-corrected chi connectivity index (χ2v) is 6.73. The van der Waals surface area contributed by atoms with Crippen LogP contribution < -0.4 is 5.32 Å². The molecule has 2 N–H and O–H groups in total. The maximum atomic E-state index is 12.3. The van der Waals surface area contributed by atoms with E-state index >= 15 is 0 Å². The molecule has 1 heterocycles. The van der Waals surface area contributed by atoms with Crippen LogP contribution in [0.15, 0.2) is 36.7 Å². The third kappa shape index (κ3) is 2.43. The van der Waals surface area contributed by atoms with Crippen molar-refractivity contribution in [3.05, 3.63) is 42.2 Å². The minimum atomic E-state index is 0.0430. The number of nitrogens with one attached hydrogen (secondary N) is 2. The number of carbonyl (C=O) groups excluding carboxylic acids is 1. The first-order valence-electron chi connectivity index (χ1n) is 8.14. The Morgan fingerprint density at radius 1 is 1.23 bits per heavy atom. The highest BCUT2D eigenvalue weighted by atomic mass is 16.1. The normalized spacial score (nSPS) is 21.9. The van der Waals surface area contributed by atoms with E-state index < -0.39 is 0 Å². The molecule has 2 aliphatic carbocycles. The lowest BCUT2D eigenvalue weighted by Gasteiger charge is -2.18. The Bertz CT molecular complexity index is 656. The Kier molecular flexibility index (Phi) is 3.25. The number of hydrogen-bond acceptors (Lipinski definition) is 2. The van der Waals surface area contributed by atoms with E-state index in [1.807, 2.05) is 30.5 Å². The predicted octanol–water partition coefficient (Wildman–Crippen LogP) is 3.39. The molecule has 1 aromatic carbocycles. The fraction of sp³-hybridized carbons (Fsp3) is 0.444. The van der Waals surface area contributed by atoms with Crippen LogP contribution in [0.5, 0.6) is 0 Å². The number of aromatic amines is 1. The largest absolute Gasteiger partial charge is 0.352 e. The molecule has 22 heavy (non-hydrogen) atoms. The summed E-state index contributed by atoms with van der Waals surface area (Å²) in [6.45, 7) is 0.836. The van der Waals surface area contributed by atoms with Gasteiger partial charge in [0.1, 0.15) is 0 Å². The molecule has 2 saturated carbocycles. The fourth-order valence-electron chi connectivity index (χ4n) is 3.89. The number of nitrogens with zero attached hydrogens (tertiary/aromatic N) is 1. The van der Waals surface area contributed by atoms with E-state index in [4.69, 9.17) is 0 Å². The third-order valence-electron chi connectivity index (χ3n) is 5.47. The van der Waals surface area contributed by atoms with Crippen LogP contribution in [0, 0.1) is 11.3 Å². The van der Waals surface area contributed by atoms with Crippen LogP contribution in [-0.2, 0) is 0 Å². The Morgan fingerprint density at radius 2 is 2.05 bits per heavy atom. The smallest absolute Gasteiger partial charge is 0.251 e. The van der Waals surface area contributed by atoms with Crippen molar-refractivity contribution in [1.82, 2.24) is 15.5 Å². The standard InChI is InChI=1S/C18H21N3O/c22-17(19-12-16-2-1-7-18(16)8-9-18)14-5-3-13(4-6-14)15-10-20-21-11-15/h3-6,10-11,16H,1-2,7-9,12H2,(H,19,22)(H,20,21). The molecule has 0 saturated heterocycles. The lowest BCUT2D eigenvalue weighted by atomic mass is 9.93. The van der Waals surface area contributed by atoms with Gasteiger partial charge in [0.15, 0.2) is 0 Å². The molecule has 1 aromatic heterocycles. The summed E-state index contributed by atoms with van der Waals surface area (Å²) in [7, 11) is 0. The topological polar surface area (TPSA) is 57.8 Å². The van der Waals surface area contributed by atoms with Gasteiger partial charge >= 0.3 is 0 Å².